The molecule has 0 spiro atoms. The molecule has 0 amide bonds. The second kappa shape index (κ2) is 7.67. The third kappa shape index (κ3) is 5.65. The van der Waals surface area contributed by atoms with E-state index >= 15 is 0 Å². The molecule has 6 heteroatoms. The molecule has 0 atom stereocenters. The van der Waals surface area contributed by atoms with Crippen LogP contribution in [-0.2, 0) is 17.9 Å². The van der Waals surface area contributed by atoms with Crippen molar-refractivity contribution in [1.82, 2.24) is 0 Å². The predicted molar refractivity (Wildman–Crippen MR) is 81.3 cm³/mol. The second-order valence-corrected chi connectivity index (χ2v) is 4.75. The molecular formula is C17H16F3NO2. The van der Waals surface area contributed by atoms with Crippen LogP contribution in [0.25, 0.3) is 0 Å². The lowest BCUT2D eigenvalue weighted by Gasteiger charge is -2.08. The zero-order valence-corrected chi connectivity index (χ0v) is 12.5. The molecule has 0 radical (unpaired) electrons. The van der Waals surface area contributed by atoms with Crippen LogP contribution >= 0.6 is 0 Å². The van der Waals surface area contributed by atoms with Crippen LogP contribution in [0.3, 0.4) is 0 Å². The number of hydrogen-bond donors (Lipinski definition) is 0. The standard InChI is InChI=1S/C17H16F3NO2/c1-2-14-5-3-4-6-15(14)11-21-22-12-13-7-9-16(10-8-13)23-17(18,19)20/h3-11H,2,12H2,1H3. The molecular weight excluding hydrogens is 307 g/mol. The van der Waals surface area contributed by atoms with Gasteiger partial charge in [0, 0.05) is 0 Å². The zero-order valence-electron chi connectivity index (χ0n) is 12.5. The van der Waals surface area contributed by atoms with E-state index in [1.54, 1.807) is 6.21 Å². The molecule has 0 heterocycles. The van der Waals surface area contributed by atoms with E-state index in [-0.39, 0.29) is 12.4 Å². The Balaban J connectivity index is 1.87. The van der Waals surface area contributed by atoms with Crippen molar-refractivity contribution in [2.75, 3.05) is 0 Å². The first kappa shape index (κ1) is 16.9. The Morgan fingerprint density at radius 2 is 1.74 bits per heavy atom. The molecule has 3 nitrogen and oxygen atoms in total. The van der Waals surface area contributed by atoms with Crippen LogP contribution in [0, 0.1) is 0 Å². The highest BCUT2D eigenvalue weighted by atomic mass is 19.4. The lowest BCUT2D eigenvalue weighted by Crippen LogP contribution is -2.17. The molecule has 0 N–H and O–H groups in total. The fourth-order valence-corrected chi connectivity index (χ4v) is 1.98. The van der Waals surface area contributed by atoms with Gasteiger partial charge < -0.3 is 9.57 Å². The van der Waals surface area contributed by atoms with Crippen molar-refractivity contribution in [2.24, 2.45) is 5.16 Å². The minimum absolute atomic E-state index is 0.164. The highest BCUT2D eigenvalue weighted by Gasteiger charge is 2.30. The maximum atomic E-state index is 12.0. The average Bonchev–Trinajstić information content (AvgIpc) is 2.52. The number of halogens is 3. The summed E-state index contributed by atoms with van der Waals surface area (Å²) < 4.78 is 39.9. The summed E-state index contributed by atoms with van der Waals surface area (Å²) in [5.74, 6) is -0.262. The van der Waals surface area contributed by atoms with E-state index in [0.29, 0.717) is 5.56 Å². The average molecular weight is 323 g/mol. The van der Waals surface area contributed by atoms with E-state index in [1.165, 1.54) is 24.3 Å². The molecule has 0 saturated carbocycles. The van der Waals surface area contributed by atoms with Crippen molar-refractivity contribution in [1.29, 1.82) is 0 Å². The number of oxime groups is 1. The quantitative estimate of drug-likeness (QED) is 0.570. The maximum Gasteiger partial charge on any atom is 0.573 e. The first-order valence-electron chi connectivity index (χ1n) is 7.06. The van der Waals surface area contributed by atoms with Crippen LogP contribution in [0.15, 0.2) is 53.7 Å². The van der Waals surface area contributed by atoms with Crippen LogP contribution in [-0.4, -0.2) is 12.6 Å². The molecule has 122 valence electrons. The van der Waals surface area contributed by atoms with E-state index in [2.05, 4.69) is 16.8 Å². The largest absolute Gasteiger partial charge is 0.573 e. The lowest BCUT2D eigenvalue weighted by atomic mass is 10.1. The molecule has 0 aromatic heterocycles. The summed E-state index contributed by atoms with van der Waals surface area (Å²) in [6.45, 7) is 2.22. The summed E-state index contributed by atoms with van der Waals surface area (Å²) in [5.41, 5.74) is 2.83. The van der Waals surface area contributed by atoms with Gasteiger partial charge in [-0.3, -0.25) is 0 Å². The Bertz CT molecular complexity index is 652. The van der Waals surface area contributed by atoms with Crippen molar-refractivity contribution < 1.29 is 22.7 Å². The van der Waals surface area contributed by atoms with Gasteiger partial charge >= 0.3 is 6.36 Å². The van der Waals surface area contributed by atoms with Crippen molar-refractivity contribution in [3.8, 4) is 5.75 Å². The number of benzene rings is 2. The Labute approximate surface area is 132 Å². The van der Waals surface area contributed by atoms with Gasteiger partial charge in [0.15, 0.2) is 0 Å². The Kier molecular flexibility index (Phi) is 5.62. The van der Waals surface area contributed by atoms with Crippen molar-refractivity contribution in [2.45, 2.75) is 26.3 Å². The third-order valence-electron chi connectivity index (χ3n) is 3.09. The molecule has 0 aliphatic carbocycles. The van der Waals surface area contributed by atoms with Gasteiger partial charge in [0.1, 0.15) is 12.4 Å². The minimum atomic E-state index is -4.69. The van der Waals surface area contributed by atoms with Crippen molar-refractivity contribution in [3.63, 3.8) is 0 Å². The smallest absolute Gasteiger partial charge is 0.406 e. The molecule has 0 fully saturated rings. The van der Waals surface area contributed by atoms with Crippen LogP contribution in [0.4, 0.5) is 13.2 Å². The van der Waals surface area contributed by atoms with Crippen LogP contribution in [0.5, 0.6) is 5.75 Å². The van der Waals surface area contributed by atoms with E-state index in [0.717, 1.165) is 17.5 Å². The topological polar surface area (TPSA) is 30.8 Å². The number of rotatable bonds is 6. The molecule has 0 aliphatic heterocycles. The normalized spacial score (nSPS) is 11.7. The number of nitrogens with zero attached hydrogens (tertiary/aromatic N) is 1. The van der Waals surface area contributed by atoms with Crippen LogP contribution in [0.1, 0.15) is 23.6 Å². The van der Waals surface area contributed by atoms with Crippen molar-refractivity contribution >= 4 is 6.21 Å². The van der Waals surface area contributed by atoms with E-state index < -0.39 is 6.36 Å². The van der Waals surface area contributed by atoms with Crippen molar-refractivity contribution in [3.05, 3.63) is 65.2 Å². The van der Waals surface area contributed by atoms with E-state index in [9.17, 15) is 13.2 Å². The van der Waals surface area contributed by atoms with Gasteiger partial charge in [-0.1, -0.05) is 48.5 Å². The summed E-state index contributed by atoms with van der Waals surface area (Å²) >= 11 is 0. The molecule has 0 saturated heterocycles. The van der Waals surface area contributed by atoms with Gasteiger partial charge in [-0.2, -0.15) is 0 Å². The highest BCUT2D eigenvalue weighted by molar-refractivity contribution is 5.81. The second-order valence-electron chi connectivity index (χ2n) is 4.75. The lowest BCUT2D eigenvalue weighted by molar-refractivity contribution is -0.274. The third-order valence-corrected chi connectivity index (χ3v) is 3.09. The molecule has 23 heavy (non-hydrogen) atoms. The summed E-state index contributed by atoms with van der Waals surface area (Å²) in [5, 5.41) is 3.89. The summed E-state index contributed by atoms with van der Waals surface area (Å²) in [6.07, 6.45) is -2.17. The zero-order chi connectivity index (χ0) is 16.7. The van der Waals surface area contributed by atoms with Gasteiger partial charge in [-0.25, -0.2) is 0 Å². The van der Waals surface area contributed by atoms with Gasteiger partial charge in [-0.15, -0.1) is 13.2 Å². The summed E-state index contributed by atoms with van der Waals surface area (Å²) in [6, 6.07) is 13.3. The number of ether oxygens (including phenoxy) is 1. The SMILES string of the molecule is CCc1ccccc1C=NOCc1ccc(OC(F)(F)F)cc1. The Hall–Kier alpha value is -2.50. The maximum absolute atomic E-state index is 12.0. The van der Waals surface area contributed by atoms with Crippen LogP contribution in [0.2, 0.25) is 0 Å². The first-order chi connectivity index (χ1) is 11.0. The summed E-state index contributed by atoms with van der Waals surface area (Å²) in [4.78, 5) is 5.17. The van der Waals surface area contributed by atoms with Gasteiger partial charge in [0.25, 0.3) is 0 Å². The Morgan fingerprint density at radius 1 is 1.04 bits per heavy atom. The fraction of sp³-hybridized carbons (Fsp3) is 0.235. The van der Waals surface area contributed by atoms with Gasteiger partial charge in [0.2, 0.25) is 0 Å². The van der Waals surface area contributed by atoms with Gasteiger partial charge in [0.05, 0.1) is 6.21 Å². The molecule has 2 aromatic rings. The Morgan fingerprint density at radius 3 is 2.39 bits per heavy atom. The highest BCUT2D eigenvalue weighted by Crippen LogP contribution is 2.22. The molecule has 0 unspecified atom stereocenters. The monoisotopic (exact) mass is 323 g/mol. The minimum Gasteiger partial charge on any atom is -0.406 e. The molecule has 2 rings (SSSR count). The number of alkyl halides is 3. The predicted octanol–water partition coefficient (Wildman–Crippen LogP) is 4.70. The molecule has 0 bridgehead atoms. The van der Waals surface area contributed by atoms with Gasteiger partial charge in [-0.05, 0) is 35.2 Å². The molecule has 0 aliphatic rings. The number of aryl methyl sites for hydroxylation is 1. The number of hydrogen-bond acceptors (Lipinski definition) is 3. The fourth-order valence-electron chi connectivity index (χ4n) is 1.98. The molecule has 2 aromatic carbocycles. The van der Waals surface area contributed by atoms with E-state index in [1.807, 2.05) is 24.3 Å². The first-order valence-corrected chi connectivity index (χ1v) is 7.06. The van der Waals surface area contributed by atoms with E-state index in [4.69, 9.17) is 4.84 Å². The van der Waals surface area contributed by atoms with Crippen LogP contribution < -0.4 is 4.74 Å². The summed E-state index contributed by atoms with van der Waals surface area (Å²) in [7, 11) is 0.